The number of halogens is 3. The van der Waals surface area contributed by atoms with Gasteiger partial charge in [-0.3, -0.25) is 9.36 Å². The second kappa shape index (κ2) is 6.14. The van der Waals surface area contributed by atoms with Crippen molar-refractivity contribution in [2.24, 2.45) is 5.41 Å². The zero-order valence-corrected chi connectivity index (χ0v) is 15.6. The lowest BCUT2D eigenvalue weighted by molar-refractivity contribution is -0.182. The van der Waals surface area contributed by atoms with Gasteiger partial charge in [-0.2, -0.15) is 18.2 Å². The minimum absolute atomic E-state index is 0.0914. The fourth-order valence-electron chi connectivity index (χ4n) is 3.37. The number of anilines is 2. The van der Waals surface area contributed by atoms with E-state index in [0.717, 1.165) is 11.5 Å². The van der Waals surface area contributed by atoms with Gasteiger partial charge in [0.2, 0.25) is 5.95 Å². The monoisotopic (exact) mass is 374 g/mol. The van der Waals surface area contributed by atoms with Crippen molar-refractivity contribution in [1.29, 1.82) is 0 Å². The van der Waals surface area contributed by atoms with Crippen LogP contribution in [0.5, 0.6) is 0 Å². The second-order valence-corrected chi connectivity index (χ2v) is 8.36. The van der Waals surface area contributed by atoms with Gasteiger partial charge in [0.25, 0.3) is 5.56 Å². The van der Waals surface area contributed by atoms with E-state index >= 15 is 0 Å². The summed E-state index contributed by atoms with van der Waals surface area (Å²) in [6.45, 7) is 8.58. The van der Waals surface area contributed by atoms with Crippen LogP contribution in [0.3, 0.4) is 0 Å². The molecule has 0 radical (unpaired) electrons. The van der Waals surface area contributed by atoms with Crippen LogP contribution in [0.4, 0.5) is 24.9 Å². The Morgan fingerprint density at radius 1 is 1.23 bits per heavy atom. The van der Waals surface area contributed by atoms with Crippen LogP contribution < -0.4 is 15.4 Å². The quantitative estimate of drug-likeness (QED) is 0.795. The Balaban J connectivity index is 2.09. The van der Waals surface area contributed by atoms with Crippen molar-refractivity contribution in [2.45, 2.75) is 46.0 Å². The van der Waals surface area contributed by atoms with Crippen molar-refractivity contribution >= 4 is 11.8 Å². The van der Waals surface area contributed by atoms with E-state index in [9.17, 15) is 18.0 Å². The minimum Gasteiger partial charge on any atom is -0.378 e. The van der Waals surface area contributed by atoms with Gasteiger partial charge in [0.05, 0.1) is 19.8 Å². The van der Waals surface area contributed by atoms with Crippen LogP contribution in [0.15, 0.2) is 10.9 Å². The van der Waals surface area contributed by atoms with E-state index in [2.05, 4.69) is 4.98 Å². The van der Waals surface area contributed by atoms with Crippen LogP contribution in [-0.4, -0.2) is 54.1 Å². The van der Waals surface area contributed by atoms with Gasteiger partial charge < -0.3 is 14.5 Å². The molecule has 0 spiro atoms. The maximum Gasteiger partial charge on any atom is 0.413 e. The van der Waals surface area contributed by atoms with Gasteiger partial charge in [-0.1, -0.05) is 20.8 Å². The number of fused-ring (bicyclic) bond motifs is 1. The van der Waals surface area contributed by atoms with Crippen molar-refractivity contribution in [3.63, 3.8) is 0 Å². The van der Waals surface area contributed by atoms with E-state index in [0.29, 0.717) is 32.1 Å². The highest BCUT2D eigenvalue weighted by molar-refractivity contribution is 5.50. The highest BCUT2D eigenvalue weighted by atomic mass is 19.4. The number of hydrogen-bond donors (Lipinski definition) is 0. The van der Waals surface area contributed by atoms with E-state index in [4.69, 9.17) is 4.74 Å². The van der Waals surface area contributed by atoms with E-state index in [1.54, 1.807) is 0 Å². The zero-order chi connectivity index (χ0) is 19.3. The minimum atomic E-state index is -4.49. The molecule has 0 unspecified atom stereocenters. The Kier molecular flexibility index (Phi) is 4.49. The summed E-state index contributed by atoms with van der Waals surface area (Å²) in [5.74, 6) is 0.503. The highest BCUT2D eigenvalue weighted by Gasteiger charge is 2.60. The maximum atomic E-state index is 13.9. The Labute approximate surface area is 150 Å². The third-order valence-corrected chi connectivity index (χ3v) is 4.86. The number of ether oxygens (including phenoxy) is 1. The van der Waals surface area contributed by atoms with Crippen molar-refractivity contribution in [3.8, 4) is 0 Å². The molecular weight excluding hydrogens is 349 g/mol. The molecule has 9 heteroatoms. The average Bonchev–Trinajstić information content (AvgIpc) is 2.81. The molecule has 3 heterocycles. The SMILES string of the molecule is CC(C)(C)CN1c2nc(N3CCOCC3)cc(=O)n2C[C@@]1(C)C(F)(F)F. The summed E-state index contributed by atoms with van der Waals surface area (Å²) >= 11 is 0. The summed E-state index contributed by atoms with van der Waals surface area (Å²) < 4.78 is 48.2. The normalized spacial score (nSPS) is 24.1. The molecule has 0 N–H and O–H groups in total. The number of rotatable bonds is 2. The number of aromatic nitrogens is 2. The lowest BCUT2D eigenvalue weighted by atomic mass is 9.92. The topological polar surface area (TPSA) is 50.6 Å². The van der Waals surface area contributed by atoms with Crippen LogP contribution in [-0.2, 0) is 11.3 Å². The van der Waals surface area contributed by atoms with Gasteiger partial charge >= 0.3 is 6.18 Å². The molecular formula is C17H25F3N4O2. The molecule has 1 atom stereocenters. The molecule has 3 rings (SSSR count). The van der Waals surface area contributed by atoms with E-state index in [1.165, 1.54) is 11.0 Å². The number of alkyl halides is 3. The standard InChI is InChI=1S/C17H25F3N4O2/c1-15(2,3)10-24-14-21-12(22-5-7-26-8-6-22)9-13(25)23(14)11-16(24,4)17(18,19)20/h9H,5-8,10-11H2,1-4H3/t16-/m0/s1. The Hall–Kier alpha value is -1.77. The molecule has 1 fully saturated rings. The summed E-state index contributed by atoms with van der Waals surface area (Å²) in [5, 5.41) is 0. The van der Waals surface area contributed by atoms with Crippen LogP contribution in [0.2, 0.25) is 0 Å². The summed E-state index contributed by atoms with van der Waals surface area (Å²) in [6.07, 6.45) is -4.49. The molecule has 0 saturated carbocycles. The van der Waals surface area contributed by atoms with Gasteiger partial charge in [0, 0.05) is 25.7 Å². The van der Waals surface area contributed by atoms with Gasteiger partial charge in [-0.25, -0.2) is 0 Å². The van der Waals surface area contributed by atoms with Crippen molar-refractivity contribution in [1.82, 2.24) is 9.55 Å². The van der Waals surface area contributed by atoms with Crippen LogP contribution in [0, 0.1) is 5.41 Å². The molecule has 1 aromatic rings. The average molecular weight is 374 g/mol. The van der Waals surface area contributed by atoms with E-state index in [1.807, 2.05) is 25.7 Å². The zero-order valence-electron chi connectivity index (χ0n) is 15.6. The molecule has 0 aliphatic carbocycles. The van der Waals surface area contributed by atoms with E-state index < -0.39 is 29.2 Å². The predicted octanol–water partition coefficient (Wildman–Crippen LogP) is 2.27. The largest absolute Gasteiger partial charge is 0.413 e. The first-order chi connectivity index (χ1) is 11.9. The number of morpholine rings is 1. The number of hydrogen-bond acceptors (Lipinski definition) is 5. The molecule has 1 aromatic heterocycles. The number of nitrogens with zero attached hydrogens (tertiary/aromatic N) is 4. The lowest BCUT2D eigenvalue weighted by Crippen LogP contribution is -2.57. The second-order valence-electron chi connectivity index (χ2n) is 8.36. The molecule has 1 saturated heterocycles. The highest BCUT2D eigenvalue weighted by Crippen LogP contribution is 2.44. The van der Waals surface area contributed by atoms with Gasteiger partial charge in [-0.05, 0) is 12.3 Å². The Morgan fingerprint density at radius 2 is 1.85 bits per heavy atom. The van der Waals surface area contributed by atoms with Crippen LogP contribution in [0.1, 0.15) is 27.7 Å². The molecule has 146 valence electrons. The van der Waals surface area contributed by atoms with Gasteiger partial charge in [0.15, 0.2) is 5.54 Å². The molecule has 0 amide bonds. The maximum absolute atomic E-state index is 13.9. The summed E-state index contributed by atoms with van der Waals surface area (Å²) in [6, 6.07) is 1.33. The molecule has 0 aromatic carbocycles. The van der Waals surface area contributed by atoms with Crippen molar-refractivity contribution < 1.29 is 17.9 Å². The van der Waals surface area contributed by atoms with Crippen LogP contribution >= 0.6 is 0 Å². The summed E-state index contributed by atoms with van der Waals surface area (Å²) in [4.78, 5) is 20.2. The van der Waals surface area contributed by atoms with Crippen molar-refractivity contribution in [3.05, 3.63) is 16.4 Å². The molecule has 0 bridgehead atoms. The first-order valence-corrected chi connectivity index (χ1v) is 8.71. The fraction of sp³-hybridized carbons (Fsp3) is 0.765. The summed E-state index contributed by atoms with van der Waals surface area (Å²) in [5.41, 5.74) is -3.01. The van der Waals surface area contributed by atoms with Gasteiger partial charge in [0.1, 0.15) is 5.82 Å². The van der Waals surface area contributed by atoms with E-state index in [-0.39, 0.29) is 12.5 Å². The molecule has 6 nitrogen and oxygen atoms in total. The Bertz CT molecular complexity index is 735. The lowest BCUT2D eigenvalue weighted by Gasteiger charge is -2.40. The molecule has 2 aliphatic heterocycles. The van der Waals surface area contributed by atoms with Crippen molar-refractivity contribution in [2.75, 3.05) is 42.6 Å². The van der Waals surface area contributed by atoms with Crippen LogP contribution in [0.25, 0.3) is 0 Å². The fourth-order valence-corrected chi connectivity index (χ4v) is 3.37. The first kappa shape index (κ1) is 19.0. The molecule has 2 aliphatic rings. The smallest absolute Gasteiger partial charge is 0.378 e. The van der Waals surface area contributed by atoms with Gasteiger partial charge in [-0.15, -0.1) is 0 Å². The first-order valence-electron chi connectivity index (χ1n) is 8.71. The Morgan fingerprint density at radius 3 is 2.38 bits per heavy atom. The third kappa shape index (κ3) is 3.28. The third-order valence-electron chi connectivity index (χ3n) is 4.86. The molecule has 26 heavy (non-hydrogen) atoms. The predicted molar refractivity (Wildman–Crippen MR) is 92.8 cm³/mol. The summed E-state index contributed by atoms with van der Waals surface area (Å²) in [7, 11) is 0.